The molecule has 2 rings (SSSR count). The molecule has 0 spiro atoms. The van der Waals surface area contributed by atoms with E-state index >= 15 is 0 Å². The zero-order chi connectivity index (χ0) is 13.9. The number of sulfone groups is 1. The van der Waals surface area contributed by atoms with Crippen molar-refractivity contribution in [3.63, 3.8) is 0 Å². The molecule has 0 aliphatic carbocycles. The van der Waals surface area contributed by atoms with Crippen LogP contribution in [0.3, 0.4) is 0 Å². The second-order valence-electron chi connectivity index (χ2n) is 5.24. The smallest absolute Gasteiger partial charge is 0.151 e. The fraction of sp³-hybridized carbons (Fsp3) is 0.571. The van der Waals surface area contributed by atoms with Crippen LogP contribution in [0, 0.1) is 6.92 Å². The first-order valence-corrected chi connectivity index (χ1v) is 8.43. The minimum Gasteiger partial charge on any atom is -0.395 e. The monoisotopic (exact) mass is 283 g/mol. The number of nitrogens with zero attached hydrogens (tertiary/aromatic N) is 1. The molecule has 106 valence electrons. The van der Waals surface area contributed by atoms with Gasteiger partial charge in [0.1, 0.15) is 0 Å². The molecule has 1 unspecified atom stereocenters. The molecule has 1 aliphatic heterocycles. The van der Waals surface area contributed by atoms with Gasteiger partial charge in [-0.3, -0.25) is 4.90 Å². The predicted molar refractivity (Wildman–Crippen MR) is 75.7 cm³/mol. The van der Waals surface area contributed by atoms with Crippen molar-refractivity contribution in [2.24, 2.45) is 0 Å². The quantitative estimate of drug-likeness (QED) is 0.875. The lowest BCUT2D eigenvalue weighted by atomic mass is 10.1. The van der Waals surface area contributed by atoms with Gasteiger partial charge in [-0.2, -0.15) is 0 Å². The molecule has 1 aromatic carbocycles. The minimum absolute atomic E-state index is 0.0395. The molecule has 1 heterocycles. The highest BCUT2D eigenvalue weighted by Gasteiger charge is 2.31. The summed E-state index contributed by atoms with van der Waals surface area (Å²) in [6.07, 6.45) is 0.675. The first-order valence-electron chi connectivity index (χ1n) is 6.61. The molecule has 1 fully saturated rings. The number of aryl methyl sites for hydroxylation is 1. The molecule has 4 nitrogen and oxygen atoms in total. The minimum atomic E-state index is -2.88. The maximum Gasteiger partial charge on any atom is 0.151 e. The third-order valence-electron chi connectivity index (χ3n) is 3.58. The Morgan fingerprint density at radius 1 is 1.42 bits per heavy atom. The second-order valence-corrected chi connectivity index (χ2v) is 7.47. The summed E-state index contributed by atoms with van der Waals surface area (Å²) in [5.41, 5.74) is 2.36. The van der Waals surface area contributed by atoms with Gasteiger partial charge in [-0.25, -0.2) is 8.42 Å². The fourth-order valence-corrected chi connectivity index (χ4v) is 4.39. The van der Waals surface area contributed by atoms with Gasteiger partial charge < -0.3 is 5.11 Å². The summed E-state index contributed by atoms with van der Waals surface area (Å²) in [6.45, 7) is 3.32. The summed E-state index contributed by atoms with van der Waals surface area (Å²) in [6, 6.07) is 8.24. The number of rotatable bonds is 5. The molecule has 1 atom stereocenters. The van der Waals surface area contributed by atoms with Crippen LogP contribution in [0.4, 0.5) is 0 Å². The van der Waals surface area contributed by atoms with Crippen molar-refractivity contribution in [1.82, 2.24) is 4.90 Å². The largest absolute Gasteiger partial charge is 0.395 e. The van der Waals surface area contributed by atoms with E-state index in [1.807, 2.05) is 25.1 Å². The Morgan fingerprint density at radius 3 is 2.79 bits per heavy atom. The Morgan fingerprint density at radius 2 is 2.21 bits per heavy atom. The lowest BCUT2D eigenvalue weighted by molar-refractivity contribution is 0.153. The molecule has 0 saturated carbocycles. The third kappa shape index (κ3) is 4.03. The van der Waals surface area contributed by atoms with Crippen LogP contribution < -0.4 is 0 Å². The molecule has 0 radical (unpaired) electrons. The van der Waals surface area contributed by atoms with E-state index in [9.17, 15) is 8.42 Å². The normalized spacial score (nSPS) is 21.9. The molecule has 1 N–H and O–H groups in total. The van der Waals surface area contributed by atoms with Gasteiger partial charge in [0.15, 0.2) is 9.84 Å². The molecule has 0 bridgehead atoms. The van der Waals surface area contributed by atoms with Gasteiger partial charge in [-0.1, -0.05) is 29.8 Å². The predicted octanol–water partition coefficient (Wildman–Crippen LogP) is 0.976. The van der Waals surface area contributed by atoms with E-state index in [4.69, 9.17) is 5.11 Å². The molecule has 1 saturated heterocycles. The highest BCUT2D eigenvalue weighted by atomic mass is 32.2. The highest BCUT2D eigenvalue weighted by molar-refractivity contribution is 7.91. The van der Waals surface area contributed by atoms with E-state index < -0.39 is 9.84 Å². The summed E-state index contributed by atoms with van der Waals surface area (Å²) >= 11 is 0. The summed E-state index contributed by atoms with van der Waals surface area (Å²) in [5.74, 6) is 0.492. The molecule has 0 aromatic heterocycles. The number of aliphatic hydroxyl groups excluding tert-OH is 1. The number of benzene rings is 1. The molecular formula is C14H21NO3S. The van der Waals surface area contributed by atoms with E-state index in [-0.39, 0.29) is 24.2 Å². The van der Waals surface area contributed by atoms with Crippen LogP contribution in [0.15, 0.2) is 24.3 Å². The van der Waals surface area contributed by atoms with Crippen LogP contribution >= 0.6 is 0 Å². The van der Waals surface area contributed by atoms with Crippen LogP contribution in [0.5, 0.6) is 0 Å². The van der Waals surface area contributed by atoms with Gasteiger partial charge in [0.2, 0.25) is 0 Å². The number of aliphatic hydroxyl groups is 1. The van der Waals surface area contributed by atoms with Crippen molar-refractivity contribution >= 4 is 9.84 Å². The summed E-state index contributed by atoms with van der Waals surface area (Å²) < 4.78 is 23.1. The Balaban J connectivity index is 2.08. The van der Waals surface area contributed by atoms with Crippen molar-refractivity contribution in [2.75, 3.05) is 24.7 Å². The number of hydrogen-bond donors (Lipinski definition) is 1. The van der Waals surface area contributed by atoms with E-state index in [2.05, 4.69) is 11.0 Å². The lowest BCUT2D eigenvalue weighted by Gasteiger charge is -2.27. The van der Waals surface area contributed by atoms with Gasteiger partial charge >= 0.3 is 0 Å². The van der Waals surface area contributed by atoms with Gasteiger partial charge in [-0.15, -0.1) is 0 Å². The van der Waals surface area contributed by atoms with Crippen molar-refractivity contribution in [3.8, 4) is 0 Å². The van der Waals surface area contributed by atoms with Crippen LogP contribution in [-0.2, 0) is 16.4 Å². The third-order valence-corrected chi connectivity index (χ3v) is 5.33. The molecule has 5 heteroatoms. The Bertz CT molecular complexity index is 527. The van der Waals surface area contributed by atoms with Gasteiger partial charge in [0.05, 0.1) is 18.1 Å². The Labute approximate surface area is 115 Å². The van der Waals surface area contributed by atoms with E-state index in [0.29, 0.717) is 19.5 Å². The van der Waals surface area contributed by atoms with E-state index in [1.54, 1.807) is 0 Å². The van der Waals surface area contributed by atoms with E-state index in [1.165, 1.54) is 5.56 Å². The van der Waals surface area contributed by atoms with Crippen molar-refractivity contribution < 1.29 is 13.5 Å². The maximum absolute atomic E-state index is 11.6. The lowest BCUT2D eigenvalue weighted by Crippen LogP contribution is -2.37. The molecule has 19 heavy (non-hydrogen) atoms. The maximum atomic E-state index is 11.6. The average molecular weight is 283 g/mol. The average Bonchev–Trinajstić information content (AvgIpc) is 2.69. The summed E-state index contributed by atoms with van der Waals surface area (Å²) in [5, 5.41) is 9.17. The van der Waals surface area contributed by atoms with Crippen molar-refractivity contribution in [1.29, 1.82) is 0 Å². The first kappa shape index (κ1) is 14.5. The first-order chi connectivity index (χ1) is 9.00. The van der Waals surface area contributed by atoms with Gasteiger partial charge in [-0.05, 0) is 18.9 Å². The SMILES string of the molecule is Cc1cccc(CN(CCO)C2CCS(=O)(=O)C2)c1. The molecule has 1 aliphatic rings. The zero-order valence-corrected chi connectivity index (χ0v) is 12.1. The highest BCUT2D eigenvalue weighted by Crippen LogP contribution is 2.20. The topological polar surface area (TPSA) is 57.6 Å². The Hall–Kier alpha value is -0.910. The van der Waals surface area contributed by atoms with E-state index in [0.717, 1.165) is 5.56 Å². The van der Waals surface area contributed by atoms with Crippen LogP contribution in [-0.4, -0.2) is 49.1 Å². The molecule has 1 aromatic rings. The van der Waals surface area contributed by atoms with Crippen LogP contribution in [0.1, 0.15) is 17.5 Å². The van der Waals surface area contributed by atoms with Crippen molar-refractivity contribution in [3.05, 3.63) is 35.4 Å². The van der Waals surface area contributed by atoms with Gasteiger partial charge in [0, 0.05) is 19.1 Å². The summed E-state index contributed by atoms with van der Waals surface area (Å²) in [4.78, 5) is 2.08. The van der Waals surface area contributed by atoms with Gasteiger partial charge in [0.25, 0.3) is 0 Å². The van der Waals surface area contributed by atoms with Crippen molar-refractivity contribution in [2.45, 2.75) is 25.9 Å². The molecular weight excluding hydrogens is 262 g/mol. The summed E-state index contributed by atoms with van der Waals surface area (Å²) in [7, 11) is -2.88. The second kappa shape index (κ2) is 6.03. The fourth-order valence-electron chi connectivity index (χ4n) is 2.63. The van der Waals surface area contributed by atoms with Crippen LogP contribution in [0.2, 0.25) is 0 Å². The standard InChI is InChI=1S/C14H21NO3S/c1-12-3-2-4-13(9-12)10-15(6-7-16)14-5-8-19(17,18)11-14/h2-4,9,14,16H,5-8,10-11H2,1H3. The van der Waals surface area contributed by atoms with Crippen LogP contribution in [0.25, 0.3) is 0 Å². The number of hydrogen-bond acceptors (Lipinski definition) is 4. The molecule has 0 amide bonds. The zero-order valence-electron chi connectivity index (χ0n) is 11.2. The Kier molecular flexibility index (Phi) is 4.60.